The van der Waals surface area contributed by atoms with E-state index in [1.54, 1.807) is 0 Å². The number of rotatable bonds is 4. The van der Waals surface area contributed by atoms with E-state index in [2.05, 4.69) is 25.4 Å². The molecule has 0 amide bonds. The predicted octanol–water partition coefficient (Wildman–Crippen LogP) is 3.16. The Labute approximate surface area is 180 Å². The second-order valence-corrected chi connectivity index (χ2v) is 8.39. The lowest BCUT2D eigenvalue weighted by atomic mass is 10.0. The molecule has 0 radical (unpaired) electrons. The minimum absolute atomic E-state index is 0.462. The van der Waals surface area contributed by atoms with Crippen LogP contribution in [0.5, 0.6) is 0 Å². The number of anilines is 1. The van der Waals surface area contributed by atoms with Gasteiger partial charge in [0.25, 0.3) is 0 Å². The summed E-state index contributed by atoms with van der Waals surface area (Å²) >= 11 is 0. The van der Waals surface area contributed by atoms with E-state index in [1.165, 1.54) is 18.5 Å². The van der Waals surface area contributed by atoms with Gasteiger partial charge in [-0.3, -0.25) is 4.68 Å². The van der Waals surface area contributed by atoms with Crippen LogP contribution in [0.3, 0.4) is 0 Å². The highest BCUT2D eigenvalue weighted by Gasteiger charge is 2.19. The first-order valence-electron chi connectivity index (χ1n) is 11.2. The van der Waals surface area contributed by atoms with Crippen LogP contribution in [0, 0.1) is 0 Å². The summed E-state index contributed by atoms with van der Waals surface area (Å²) < 4.78 is 4.02. The minimum Gasteiger partial charge on any atom is -0.367 e. The average Bonchev–Trinajstić information content (AvgIpc) is 3.44. The van der Waals surface area contributed by atoms with E-state index >= 15 is 0 Å². The lowest BCUT2D eigenvalue weighted by Gasteiger charge is -2.24. The molecule has 31 heavy (non-hydrogen) atoms. The summed E-state index contributed by atoms with van der Waals surface area (Å²) in [5.41, 5.74) is 5.92. The smallest absolute Gasteiger partial charge is 0.154 e. The van der Waals surface area contributed by atoms with E-state index in [4.69, 9.17) is 10.1 Å². The second-order valence-electron chi connectivity index (χ2n) is 8.39. The van der Waals surface area contributed by atoms with Gasteiger partial charge in [0.1, 0.15) is 11.5 Å². The third-order valence-corrected chi connectivity index (χ3v) is 6.32. The van der Waals surface area contributed by atoms with Crippen molar-refractivity contribution in [1.82, 2.24) is 34.7 Å². The second kappa shape index (κ2) is 7.77. The number of aromatic nitrogens is 6. The van der Waals surface area contributed by atoms with Gasteiger partial charge in [-0.2, -0.15) is 10.2 Å². The van der Waals surface area contributed by atoms with Gasteiger partial charge in [-0.05, 0) is 69.5 Å². The van der Waals surface area contributed by atoms with Crippen molar-refractivity contribution >= 4 is 11.5 Å². The van der Waals surface area contributed by atoms with Crippen LogP contribution in [0.15, 0.2) is 42.7 Å². The number of imidazole rings is 1. The Bertz CT molecular complexity index is 1220. The zero-order valence-electron chi connectivity index (χ0n) is 17.5. The van der Waals surface area contributed by atoms with Gasteiger partial charge in [0.2, 0.25) is 0 Å². The molecule has 0 spiro atoms. The fourth-order valence-electron chi connectivity index (χ4n) is 4.66. The molecule has 2 aliphatic rings. The molecule has 0 bridgehead atoms. The lowest BCUT2D eigenvalue weighted by molar-refractivity contribution is 0.478. The minimum atomic E-state index is 0.462. The molecule has 4 aromatic rings. The first-order valence-corrected chi connectivity index (χ1v) is 11.2. The fourth-order valence-corrected chi connectivity index (χ4v) is 4.66. The average molecular weight is 415 g/mol. The van der Waals surface area contributed by atoms with Gasteiger partial charge < -0.3 is 10.6 Å². The van der Waals surface area contributed by atoms with Crippen LogP contribution >= 0.6 is 0 Å². The Balaban J connectivity index is 1.35. The van der Waals surface area contributed by atoms with Gasteiger partial charge in [0.05, 0.1) is 23.8 Å². The van der Waals surface area contributed by atoms with E-state index in [0.29, 0.717) is 6.04 Å². The topological polar surface area (TPSA) is 85.0 Å². The van der Waals surface area contributed by atoms with Gasteiger partial charge in [-0.1, -0.05) is 6.07 Å². The van der Waals surface area contributed by atoms with Crippen molar-refractivity contribution in [3.8, 4) is 22.6 Å². The first kappa shape index (κ1) is 18.5. The Morgan fingerprint density at radius 3 is 2.87 bits per heavy atom. The number of pyridine rings is 1. The Kier molecular flexibility index (Phi) is 4.64. The molecule has 6 rings (SSSR count). The molecule has 0 unspecified atom stereocenters. The zero-order valence-corrected chi connectivity index (χ0v) is 17.5. The van der Waals surface area contributed by atoms with Crippen molar-refractivity contribution in [3.63, 3.8) is 0 Å². The number of hydrogen-bond donors (Lipinski definition) is 2. The number of piperidine rings is 1. The third kappa shape index (κ3) is 3.46. The fraction of sp³-hybridized carbons (Fsp3) is 0.391. The summed E-state index contributed by atoms with van der Waals surface area (Å²) in [4.78, 5) is 9.43. The third-order valence-electron chi connectivity index (χ3n) is 6.32. The molecule has 1 saturated heterocycles. The van der Waals surface area contributed by atoms with Gasteiger partial charge in [-0.25, -0.2) is 14.5 Å². The summed E-state index contributed by atoms with van der Waals surface area (Å²) in [6.45, 7) is 3.10. The molecule has 4 aromatic heterocycles. The van der Waals surface area contributed by atoms with E-state index < -0.39 is 0 Å². The molecule has 2 N–H and O–H groups in total. The van der Waals surface area contributed by atoms with Crippen molar-refractivity contribution in [2.45, 2.75) is 44.7 Å². The normalized spacial score (nSPS) is 17.0. The number of aryl methyl sites for hydroxylation is 1. The maximum atomic E-state index is 4.94. The SMILES string of the molecule is c1cc(NC2CCNCC2)nc(-c2cnc3ccc(-c4cnn5c4CCCC5)nn23)c1. The van der Waals surface area contributed by atoms with Gasteiger partial charge in [-0.15, -0.1) is 0 Å². The maximum absolute atomic E-state index is 4.94. The Morgan fingerprint density at radius 2 is 1.94 bits per heavy atom. The number of nitrogens with zero attached hydrogens (tertiary/aromatic N) is 6. The van der Waals surface area contributed by atoms with Crippen LogP contribution < -0.4 is 10.6 Å². The zero-order chi connectivity index (χ0) is 20.6. The monoisotopic (exact) mass is 414 g/mol. The van der Waals surface area contributed by atoms with Crippen LogP contribution in [0.2, 0.25) is 0 Å². The molecule has 1 fully saturated rings. The summed E-state index contributed by atoms with van der Waals surface area (Å²) in [5.74, 6) is 0.904. The standard InChI is InChI=1S/C23H26N8/c1-2-13-30-20(5-1)17(14-26-30)18-7-8-23-25-15-21(31(23)29-18)19-4-3-6-22(28-19)27-16-9-11-24-12-10-16/h3-4,6-8,14-16,24H,1-2,5,9-13H2,(H,27,28). The van der Waals surface area contributed by atoms with Crippen LogP contribution in [0.4, 0.5) is 5.82 Å². The maximum Gasteiger partial charge on any atom is 0.154 e. The predicted molar refractivity (Wildman–Crippen MR) is 120 cm³/mol. The molecule has 0 aliphatic carbocycles. The lowest BCUT2D eigenvalue weighted by Crippen LogP contribution is -2.35. The highest BCUT2D eigenvalue weighted by Crippen LogP contribution is 2.28. The molecular weight excluding hydrogens is 388 g/mol. The Hall–Kier alpha value is -3.26. The van der Waals surface area contributed by atoms with E-state index in [0.717, 1.165) is 73.0 Å². The number of fused-ring (bicyclic) bond motifs is 2. The molecule has 0 atom stereocenters. The molecule has 6 heterocycles. The van der Waals surface area contributed by atoms with Crippen LogP contribution in [0.1, 0.15) is 31.4 Å². The molecule has 8 heteroatoms. The van der Waals surface area contributed by atoms with Crippen LogP contribution in [0.25, 0.3) is 28.3 Å². The van der Waals surface area contributed by atoms with Crippen molar-refractivity contribution in [3.05, 3.63) is 48.4 Å². The van der Waals surface area contributed by atoms with Crippen molar-refractivity contribution in [1.29, 1.82) is 0 Å². The summed E-state index contributed by atoms with van der Waals surface area (Å²) in [7, 11) is 0. The van der Waals surface area contributed by atoms with E-state index in [-0.39, 0.29) is 0 Å². The highest BCUT2D eigenvalue weighted by molar-refractivity contribution is 5.66. The Morgan fingerprint density at radius 1 is 1.00 bits per heavy atom. The molecule has 8 nitrogen and oxygen atoms in total. The summed E-state index contributed by atoms with van der Waals surface area (Å²) in [6.07, 6.45) is 9.49. The van der Waals surface area contributed by atoms with Crippen LogP contribution in [-0.2, 0) is 13.0 Å². The number of hydrogen-bond acceptors (Lipinski definition) is 6. The van der Waals surface area contributed by atoms with Gasteiger partial charge in [0, 0.05) is 23.8 Å². The molecule has 158 valence electrons. The summed E-state index contributed by atoms with van der Waals surface area (Å²) in [6, 6.07) is 10.6. The van der Waals surface area contributed by atoms with Crippen molar-refractivity contribution < 1.29 is 0 Å². The van der Waals surface area contributed by atoms with Gasteiger partial charge in [0.15, 0.2) is 5.65 Å². The quantitative estimate of drug-likeness (QED) is 0.534. The van der Waals surface area contributed by atoms with E-state index in [9.17, 15) is 0 Å². The molecule has 2 aliphatic heterocycles. The molecular formula is C23H26N8. The highest BCUT2D eigenvalue weighted by atomic mass is 15.3. The largest absolute Gasteiger partial charge is 0.367 e. The first-order chi connectivity index (χ1) is 15.3. The number of nitrogens with one attached hydrogen (secondary N) is 2. The van der Waals surface area contributed by atoms with Crippen molar-refractivity contribution in [2.24, 2.45) is 0 Å². The van der Waals surface area contributed by atoms with Crippen LogP contribution in [-0.4, -0.2) is 48.5 Å². The van der Waals surface area contributed by atoms with Crippen molar-refractivity contribution in [2.75, 3.05) is 18.4 Å². The van der Waals surface area contributed by atoms with E-state index in [1.807, 2.05) is 47.2 Å². The molecule has 0 aromatic carbocycles. The molecule has 0 saturated carbocycles. The summed E-state index contributed by atoms with van der Waals surface area (Å²) in [5, 5.41) is 16.5. The van der Waals surface area contributed by atoms with Gasteiger partial charge >= 0.3 is 0 Å².